The first kappa shape index (κ1) is 36.3. The number of carbonyl (C=O) groups is 3. The Kier molecular flexibility index (Phi) is 10.3. The van der Waals surface area contributed by atoms with E-state index in [0.29, 0.717) is 50.4 Å². The predicted octanol–water partition coefficient (Wildman–Crippen LogP) is 6.77. The van der Waals surface area contributed by atoms with Crippen molar-refractivity contribution in [2.24, 2.45) is 7.05 Å². The number of rotatable bonds is 7. The van der Waals surface area contributed by atoms with Crippen LogP contribution in [0, 0.1) is 6.92 Å². The van der Waals surface area contributed by atoms with E-state index in [0.717, 1.165) is 71.1 Å². The van der Waals surface area contributed by atoms with Crippen LogP contribution in [-0.4, -0.2) is 89.6 Å². The Morgan fingerprint density at radius 1 is 0.782 bits per heavy atom. The SMILES string of the molecule is Cc1c(C(=O)N(C)c2ccccc2)cc(-c2cc3c(cc2C(=O)N2Cc4ccccc4C[C@H]2CN2CCOCC2)CN(C(=O)Nc2ccccc2)CC3)n1C. The molecule has 5 aromatic rings. The summed E-state index contributed by atoms with van der Waals surface area (Å²) in [4.78, 5) is 50.8. The van der Waals surface area contributed by atoms with Gasteiger partial charge in [0, 0.05) is 93.3 Å². The highest BCUT2D eigenvalue weighted by atomic mass is 16.5. The van der Waals surface area contributed by atoms with Crippen molar-refractivity contribution in [3.05, 3.63) is 142 Å². The molecule has 1 fully saturated rings. The summed E-state index contributed by atoms with van der Waals surface area (Å²) in [6.07, 6.45) is 1.41. The van der Waals surface area contributed by atoms with Crippen LogP contribution in [0.25, 0.3) is 11.3 Å². The van der Waals surface area contributed by atoms with Crippen LogP contribution in [0.15, 0.2) is 103 Å². The molecule has 4 aromatic carbocycles. The lowest BCUT2D eigenvalue weighted by atomic mass is 9.89. The van der Waals surface area contributed by atoms with E-state index in [4.69, 9.17) is 4.74 Å². The normalized spacial score (nSPS) is 17.0. The van der Waals surface area contributed by atoms with Crippen molar-refractivity contribution in [1.29, 1.82) is 0 Å². The fourth-order valence-electron chi connectivity index (χ4n) is 8.24. The summed E-state index contributed by atoms with van der Waals surface area (Å²) in [5.41, 5.74) is 9.60. The highest BCUT2D eigenvalue weighted by Crippen LogP contribution is 2.36. The zero-order chi connectivity index (χ0) is 38.1. The number of hydrogen-bond donors (Lipinski definition) is 1. The molecule has 8 rings (SSSR count). The maximum absolute atomic E-state index is 15.3. The van der Waals surface area contributed by atoms with E-state index in [1.165, 1.54) is 5.56 Å². The monoisotopic (exact) mass is 736 g/mol. The molecule has 0 unspecified atom stereocenters. The second-order valence-electron chi connectivity index (χ2n) is 14.9. The number of aromatic nitrogens is 1. The van der Waals surface area contributed by atoms with E-state index in [1.54, 1.807) is 11.9 Å². The number of para-hydroxylation sites is 2. The lowest BCUT2D eigenvalue weighted by Gasteiger charge is -2.41. The highest BCUT2D eigenvalue weighted by Gasteiger charge is 2.35. The Morgan fingerprint density at radius 3 is 2.22 bits per heavy atom. The minimum atomic E-state index is -0.171. The molecule has 3 aliphatic rings. The molecule has 1 atom stereocenters. The Bertz CT molecular complexity index is 2210. The Labute approximate surface area is 322 Å². The van der Waals surface area contributed by atoms with Crippen LogP contribution in [0.4, 0.5) is 16.2 Å². The third kappa shape index (κ3) is 7.39. The maximum Gasteiger partial charge on any atom is 0.322 e. The number of anilines is 2. The van der Waals surface area contributed by atoms with Gasteiger partial charge in [-0.3, -0.25) is 14.5 Å². The van der Waals surface area contributed by atoms with Crippen molar-refractivity contribution in [3.8, 4) is 11.3 Å². The van der Waals surface area contributed by atoms with Gasteiger partial charge < -0.3 is 29.3 Å². The summed E-state index contributed by atoms with van der Waals surface area (Å²) in [6.45, 7) is 7.19. The first-order valence-electron chi connectivity index (χ1n) is 19.2. The molecular weight excluding hydrogens is 689 g/mol. The quantitative estimate of drug-likeness (QED) is 0.199. The lowest BCUT2D eigenvalue weighted by molar-refractivity contribution is 0.0193. The minimum Gasteiger partial charge on any atom is -0.379 e. The molecule has 1 N–H and O–H groups in total. The van der Waals surface area contributed by atoms with Gasteiger partial charge in [0.1, 0.15) is 0 Å². The second-order valence-corrected chi connectivity index (χ2v) is 14.9. The number of carbonyl (C=O) groups excluding carboxylic acids is 3. The fraction of sp³-hybridized carbons (Fsp3) is 0.311. The lowest BCUT2D eigenvalue weighted by Crippen LogP contribution is -2.52. The van der Waals surface area contributed by atoms with Gasteiger partial charge >= 0.3 is 6.03 Å². The molecule has 0 aliphatic carbocycles. The topological polar surface area (TPSA) is 90.4 Å². The standard InChI is InChI=1S/C45H48N6O4/c1-31-39(43(52)48(3)37-16-8-5-9-17-37)27-42(47(31)2)40-25-33-18-19-50(45(54)46-36-14-6-4-7-15-36)28-35(33)26-41(40)44(53)51-29-34-13-11-10-12-32(34)24-38(51)30-49-20-22-55-23-21-49/h4-17,25-27,38H,18-24,28-30H2,1-3H3,(H,46,54)/t38-/m0/s1. The molecule has 1 aromatic heterocycles. The number of nitrogens with one attached hydrogen (secondary N) is 1. The van der Waals surface area contributed by atoms with E-state index in [1.807, 2.05) is 102 Å². The van der Waals surface area contributed by atoms with E-state index in [2.05, 4.69) is 39.4 Å². The Morgan fingerprint density at radius 2 is 1.47 bits per heavy atom. The molecule has 10 nitrogen and oxygen atoms in total. The third-order valence-corrected chi connectivity index (χ3v) is 11.6. The summed E-state index contributed by atoms with van der Waals surface area (Å²) >= 11 is 0. The molecule has 3 aliphatic heterocycles. The largest absolute Gasteiger partial charge is 0.379 e. The second kappa shape index (κ2) is 15.6. The van der Waals surface area contributed by atoms with Gasteiger partial charge in [-0.05, 0) is 84.5 Å². The van der Waals surface area contributed by atoms with E-state index in [-0.39, 0.29) is 23.9 Å². The molecule has 282 valence electrons. The number of urea groups is 1. The fourth-order valence-corrected chi connectivity index (χ4v) is 8.24. The molecule has 10 heteroatoms. The smallest absolute Gasteiger partial charge is 0.322 e. The number of morpholine rings is 1. The van der Waals surface area contributed by atoms with E-state index < -0.39 is 0 Å². The van der Waals surface area contributed by atoms with Crippen molar-refractivity contribution < 1.29 is 19.1 Å². The summed E-state index contributed by atoms with van der Waals surface area (Å²) in [6, 6.07) is 33.4. The highest BCUT2D eigenvalue weighted by molar-refractivity contribution is 6.08. The van der Waals surface area contributed by atoms with E-state index in [9.17, 15) is 9.59 Å². The predicted molar refractivity (Wildman–Crippen MR) is 215 cm³/mol. The summed E-state index contributed by atoms with van der Waals surface area (Å²) in [5.74, 6) is -0.167. The molecule has 0 radical (unpaired) electrons. The van der Waals surface area contributed by atoms with Gasteiger partial charge in [-0.25, -0.2) is 4.79 Å². The third-order valence-electron chi connectivity index (χ3n) is 11.6. The van der Waals surface area contributed by atoms with Gasteiger partial charge in [-0.15, -0.1) is 0 Å². The number of nitrogens with zero attached hydrogens (tertiary/aromatic N) is 5. The van der Waals surface area contributed by atoms with Gasteiger partial charge in [0.25, 0.3) is 11.8 Å². The minimum absolute atomic E-state index is 0.0376. The molecule has 55 heavy (non-hydrogen) atoms. The van der Waals surface area contributed by atoms with Crippen LogP contribution in [0.5, 0.6) is 0 Å². The summed E-state index contributed by atoms with van der Waals surface area (Å²) in [5, 5.41) is 3.03. The van der Waals surface area contributed by atoms with Crippen LogP contribution in [-0.2, 0) is 37.7 Å². The van der Waals surface area contributed by atoms with Gasteiger partial charge in [-0.1, -0.05) is 60.7 Å². The van der Waals surface area contributed by atoms with Crippen LogP contribution < -0.4 is 10.2 Å². The van der Waals surface area contributed by atoms with Crippen LogP contribution in [0.1, 0.15) is 48.7 Å². The van der Waals surface area contributed by atoms with Gasteiger partial charge in [0.2, 0.25) is 0 Å². The zero-order valence-corrected chi connectivity index (χ0v) is 31.8. The summed E-state index contributed by atoms with van der Waals surface area (Å²) in [7, 11) is 3.76. The first-order valence-corrected chi connectivity index (χ1v) is 19.2. The average Bonchev–Trinajstić information content (AvgIpc) is 3.52. The molecule has 4 amide bonds. The Hall–Kier alpha value is -5.71. The van der Waals surface area contributed by atoms with Crippen molar-refractivity contribution in [1.82, 2.24) is 19.3 Å². The van der Waals surface area contributed by atoms with E-state index >= 15 is 4.79 Å². The van der Waals surface area contributed by atoms with Crippen molar-refractivity contribution in [3.63, 3.8) is 0 Å². The van der Waals surface area contributed by atoms with Crippen molar-refractivity contribution >= 4 is 29.2 Å². The van der Waals surface area contributed by atoms with Crippen LogP contribution in [0.2, 0.25) is 0 Å². The zero-order valence-electron chi connectivity index (χ0n) is 31.8. The van der Waals surface area contributed by atoms with Crippen molar-refractivity contribution in [2.45, 2.75) is 38.9 Å². The molecule has 0 saturated carbocycles. The van der Waals surface area contributed by atoms with Gasteiger partial charge in [0.05, 0.1) is 18.8 Å². The molecule has 0 bridgehead atoms. The molecule has 1 saturated heterocycles. The van der Waals surface area contributed by atoms with Gasteiger partial charge in [0.15, 0.2) is 0 Å². The number of benzene rings is 4. The first-order chi connectivity index (χ1) is 26.7. The molecular formula is C45H48N6O4. The number of ether oxygens (including phenoxy) is 1. The average molecular weight is 737 g/mol. The van der Waals surface area contributed by atoms with Crippen LogP contribution >= 0.6 is 0 Å². The molecule has 4 heterocycles. The maximum atomic E-state index is 15.3. The van der Waals surface area contributed by atoms with Crippen LogP contribution in [0.3, 0.4) is 0 Å². The number of fused-ring (bicyclic) bond motifs is 2. The number of hydrogen-bond acceptors (Lipinski definition) is 5. The number of amides is 4. The summed E-state index contributed by atoms with van der Waals surface area (Å²) < 4.78 is 7.69. The van der Waals surface area contributed by atoms with Crippen molar-refractivity contribution in [2.75, 3.05) is 56.7 Å². The Balaban J connectivity index is 1.19. The van der Waals surface area contributed by atoms with Gasteiger partial charge in [-0.2, -0.15) is 0 Å². The molecule has 0 spiro atoms.